The van der Waals surface area contributed by atoms with Crippen molar-refractivity contribution in [3.63, 3.8) is 0 Å². The first-order chi connectivity index (χ1) is 16.7. The molecule has 0 spiro atoms. The minimum Gasteiger partial charge on any atom is -0.497 e. The first-order valence-corrected chi connectivity index (χ1v) is 13.0. The Labute approximate surface area is 207 Å². The van der Waals surface area contributed by atoms with E-state index < -0.39 is 16.1 Å². The zero-order valence-corrected chi connectivity index (χ0v) is 21.6. The van der Waals surface area contributed by atoms with Crippen molar-refractivity contribution in [3.05, 3.63) is 59.7 Å². The zero-order valence-electron chi connectivity index (χ0n) is 20.7. The van der Waals surface area contributed by atoms with Gasteiger partial charge in [0.1, 0.15) is 11.8 Å². The summed E-state index contributed by atoms with van der Waals surface area (Å²) in [6.45, 7) is 4.72. The maximum Gasteiger partial charge on any atom is 0.242 e. The minimum atomic E-state index is -3.53. The molecular formula is C25H35N3O6S. The molecule has 0 saturated carbocycles. The van der Waals surface area contributed by atoms with E-state index in [4.69, 9.17) is 9.47 Å². The van der Waals surface area contributed by atoms with Gasteiger partial charge < -0.3 is 19.7 Å². The van der Waals surface area contributed by atoms with Crippen molar-refractivity contribution in [3.8, 4) is 5.75 Å². The number of amides is 2. The highest BCUT2D eigenvalue weighted by Crippen LogP contribution is 2.17. The van der Waals surface area contributed by atoms with E-state index in [0.717, 1.165) is 11.1 Å². The number of hydrogen-bond acceptors (Lipinski definition) is 6. The van der Waals surface area contributed by atoms with Crippen molar-refractivity contribution in [2.75, 3.05) is 33.9 Å². The Balaban J connectivity index is 2.12. The Morgan fingerprint density at radius 1 is 1.00 bits per heavy atom. The molecule has 9 nitrogen and oxygen atoms in total. The third-order valence-electron chi connectivity index (χ3n) is 5.48. The van der Waals surface area contributed by atoms with Gasteiger partial charge in [-0.15, -0.1) is 0 Å². The number of sulfonamides is 1. The van der Waals surface area contributed by atoms with Gasteiger partial charge in [0.2, 0.25) is 21.8 Å². The molecule has 0 aromatic heterocycles. The number of benzene rings is 2. The van der Waals surface area contributed by atoms with E-state index in [2.05, 4.69) is 10.0 Å². The van der Waals surface area contributed by atoms with Crippen molar-refractivity contribution in [2.45, 2.75) is 44.2 Å². The van der Waals surface area contributed by atoms with Gasteiger partial charge in [-0.05, 0) is 48.7 Å². The van der Waals surface area contributed by atoms with Crippen LogP contribution >= 0.6 is 0 Å². The quantitative estimate of drug-likeness (QED) is 0.380. The number of hydrogen-bond donors (Lipinski definition) is 2. The van der Waals surface area contributed by atoms with Gasteiger partial charge in [0.15, 0.2) is 0 Å². The first-order valence-electron chi connectivity index (χ1n) is 11.5. The molecule has 0 aliphatic rings. The van der Waals surface area contributed by atoms with Crippen molar-refractivity contribution in [1.82, 2.24) is 14.9 Å². The number of nitrogens with zero attached hydrogens (tertiary/aromatic N) is 1. The fourth-order valence-corrected chi connectivity index (χ4v) is 4.48. The third kappa shape index (κ3) is 8.65. The van der Waals surface area contributed by atoms with Crippen LogP contribution in [0.25, 0.3) is 0 Å². The van der Waals surface area contributed by atoms with E-state index in [1.165, 1.54) is 12.1 Å². The summed E-state index contributed by atoms with van der Waals surface area (Å²) < 4.78 is 36.9. The van der Waals surface area contributed by atoms with E-state index in [0.29, 0.717) is 31.9 Å². The molecule has 2 aromatic rings. The molecule has 35 heavy (non-hydrogen) atoms. The van der Waals surface area contributed by atoms with Crippen LogP contribution in [0.5, 0.6) is 5.75 Å². The molecule has 2 amide bonds. The fourth-order valence-electron chi connectivity index (χ4n) is 3.44. The third-order valence-corrected chi connectivity index (χ3v) is 7.04. The average molecular weight is 506 g/mol. The van der Waals surface area contributed by atoms with Crippen molar-refractivity contribution >= 4 is 21.8 Å². The number of rotatable bonds is 14. The summed E-state index contributed by atoms with van der Waals surface area (Å²) in [5.41, 5.74) is 1.70. The average Bonchev–Trinajstić information content (AvgIpc) is 2.86. The first kappa shape index (κ1) is 28.3. The van der Waals surface area contributed by atoms with Gasteiger partial charge in [0.25, 0.3) is 0 Å². The molecule has 1 atom stereocenters. The number of methoxy groups -OCH3 is 2. The van der Waals surface area contributed by atoms with Crippen LogP contribution in [0.15, 0.2) is 53.4 Å². The second kappa shape index (κ2) is 13.8. The Morgan fingerprint density at radius 2 is 1.63 bits per heavy atom. The Kier molecular flexibility index (Phi) is 11.2. The summed E-state index contributed by atoms with van der Waals surface area (Å²) in [5.74, 6) is 0.262. The standard InChI is InChI=1S/C25H35N3O6S/c1-5-27-35(31,32)23-13-8-20(9-14-23)10-15-24(29)28(19(2)25(30)26-16-17-33-3)18-21-6-11-22(34-4)12-7-21/h6-9,11-14,19,27H,5,10,15-18H2,1-4H3,(H,26,30)/t19-/m1/s1. The fraction of sp³-hybridized carbons (Fsp3) is 0.440. The number of carbonyl (C=O) groups is 2. The van der Waals surface area contributed by atoms with Crippen LogP contribution in [0.3, 0.4) is 0 Å². The lowest BCUT2D eigenvalue weighted by atomic mass is 10.1. The van der Waals surface area contributed by atoms with Gasteiger partial charge in [-0.25, -0.2) is 13.1 Å². The maximum atomic E-state index is 13.2. The van der Waals surface area contributed by atoms with Crippen LogP contribution in [0.4, 0.5) is 0 Å². The molecule has 2 aromatic carbocycles. The van der Waals surface area contributed by atoms with Gasteiger partial charge in [-0.1, -0.05) is 31.2 Å². The maximum absolute atomic E-state index is 13.2. The molecule has 2 rings (SSSR count). The summed E-state index contributed by atoms with van der Waals surface area (Å²) in [5, 5.41) is 2.79. The molecule has 0 radical (unpaired) electrons. The van der Waals surface area contributed by atoms with Crippen molar-refractivity contribution in [1.29, 1.82) is 0 Å². The van der Waals surface area contributed by atoms with E-state index >= 15 is 0 Å². The molecule has 10 heteroatoms. The Bertz CT molecular complexity index is 1060. The smallest absolute Gasteiger partial charge is 0.242 e. The molecule has 2 N–H and O–H groups in total. The number of aryl methyl sites for hydroxylation is 1. The predicted octanol–water partition coefficient (Wildman–Crippen LogP) is 2.11. The molecule has 0 aliphatic carbocycles. The predicted molar refractivity (Wildman–Crippen MR) is 134 cm³/mol. The molecular weight excluding hydrogens is 470 g/mol. The summed E-state index contributed by atoms with van der Waals surface area (Å²) in [6, 6.07) is 13.1. The summed E-state index contributed by atoms with van der Waals surface area (Å²) in [4.78, 5) is 27.6. The summed E-state index contributed by atoms with van der Waals surface area (Å²) in [7, 11) is -0.394. The van der Waals surface area contributed by atoms with E-state index in [1.807, 2.05) is 24.3 Å². The highest BCUT2D eigenvalue weighted by Gasteiger charge is 2.26. The Hall–Kier alpha value is -2.95. The number of nitrogens with one attached hydrogen (secondary N) is 2. The van der Waals surface area contributed by atoms with Crippen LogP contribution in [0.2, 0.25) is 0 Å². The van der Waals surface area contributed by atoms with Gasteiger partial charge in [0.05, 0.1) is 18.6 Å². The molecule has 0 unspecified atom stereocenters. The lowest BCUT2D eigenvalue weighted by molar-refractivity contribution is -0.140. The second-order valence-corrected chi connectivity index (χ2v) is 9.74. The SMILES string of the molecule is CCNS(=O)(=O)c1ccc(CCC(=O)N(Cc2ccc(OC)cc2)[C@H](C)C(=O)NCCOC)cc1. The number of carbonyl (C=O) groups excluding carboxylic acids is 2. The molecule has 0 bridgehead atoms. The molecule has 0 fully saturated rings. The molecule has 0 saturated heterocycles. The largest absolute Gasteiger partial charge is 0.497 e. The van der Waals surface area contributed by atoms with Crippen LogP contribution < -0.4 is 14.8 Å². The second-order valence-electron chi connectivity index (χ2n) is 7.97. The molecule has 0 aliphatic heterocycles. The molecule has 0 heterocycles. The zero-order chi connectivity index (χ0) is 25.8. The van der Waals surface area contributed by atoms with E-state index in [1.54, 1.807) is 45.1 Å². The van der Waals surface area contributed by atoms with Gasteiger partial charge in [-0.2, -0.15) is 0 Å². The lowest BCUT2D eigenvalue weighted by Gasteiger charge is -2.29. The lowest BCUT2D eigenvalue weighted by Crippen LogP contribution is -2.48. The van der Waals surface area contributed by atoms with Gasteiger partial charge in [0, 0.05) is 33.2 Å². The van der Waals surface area contributed by atoms with Gasteiger partial charge in [-0.3, -0.25) is 9.59 Å². The van der Waals surface area contributed by atoms with Gasteiger partial charge >= 0.3 is 0 Å². The minimum absolute atomic E-state index is 0.172. The van der Waals surface area contributed by atoms with Crippen LogP contribution in [0, 0.1) is 0 Å². The normalized spacial score (nSPS) is 12.1. The highest BCUT2D eigenvalue weighted by atomic mass is 32.2. The summed E-state index contributed by atoms with van der Waals surface area (Å²) in [6.07, 6.45) is 0.586. The van der Waals surface area contributed by atoms with Crippen LogP contribution in [-0.4, -0.2) is 65.1 Å². The molecule has 192 valence electrons. The van der Waals surface area contributed by atoms with E-state index in [9.17, 15) is 18.0 Å². The van der Waals surface area contributed by atoms with E-state index in [-0.39, 0.29) is 29.7 Å². The van der Waals surface area contributed by atoms with Crippen molar-refractivity contribution in [2.24, 2.45) is 0 Å². The van der Waals surface area contributed by atoms with Crippen LogP contribution in [-0.2, 0) is 37.3 Å². The van der Waals surface area contributed by atoms with Crippen molar-refractivity contribution < 1.29 is 27.5 Å². The highest BCUT2D eigenvalue weighted by molar-refractivity contribution is 7.89. The summed E-state index contributed by atoms with van der Waals surface area (Å²) >= 11 is 0. The number of ether oxygens (including phenoxy) is 2. The topological polar surface area (TPSA) is 114 Å². The van der Waals surface area contributed by atoms with Crippen LogP contribution in [0.1, 0.15) is 31.4 Å². The monoisotopic (exact) mass is 505 g/mol. The Morgan fingerprint density at radius 3 is 2.20 bits per heavy atom.